The molecule has 0 aliphatic heterocycles. The third-order valence-electron chi connectivity index (χ3n) is 4.40. The van der Waals surface area contributed by atoms with E-state index in [1.807, 2.05) is 4.40 Å². The predicted octanol–water partition coefficient (Wildman–Crippen LogP) is 2.77. The van der Waals surface area contributed by atoms with Crippen molar-refractivity contribution < 1.29 is 4.52 Å². The van der Waals surface area contributed by atoms with Crippen molar-refractivity contribution in [2.24, 2.45) is 7.05 Å². The Hall–Kier alpha value is -2.67. The summed E-state index contributed by atoms with van der Waals surface area (Å²) in [6.07, 6.45) is 3.82. The second kappa shape index (κ2) is 4.67. The van der Waals surface area contributed by atoms with Crippen LogP contribution in [0, 0.1) is 0 Å². The molecule has 0 radical (unpaired) electrons. The number of aryl methyl sites for hydroxylation is 1. The average Bonchev–Trinajstić information content (AvgIpc) is 3.14. The number of hydrogen-bond donors (Lipinski definition) is 0. The number of rotatable bonds is 2. The van der Waals surface area contributed by atoms with Crippen LogP contribution >= 0.6 is 11.6 Å². The highest BCUT2D eigenvalue weighted by Gasteiger charge is 2.30. The summed E-state index contributed by atoms with van der Waals surface area (Å²) >= 11 is 6.10. The third kappa shape index (κ3) is 1.85. The SMILES string of the molecule is Cn1c(=O)c2ccc(Cl)cc2n2cnc(-c3nc(C4CC4)no3)c12. The van der Waals surface area contributed by atoms with Gasteiger partial charge in [-0.3, -0.25) is 13.8 Å². The summed E-state index contributed by atoms with van der Waals surface area (Å²) in [7, 11) is 1.70. The van der Waals surface area contributed by atoms with Gasteiger partial charge in [0.2, 0.25) is 0 Å². The van der Waals surface area contributed by atoms with Crippen molar-refractivity contribution in [2.45, 2.75) is 18.8 Å². The van der Waals surface area contributed by atoms with Crippen molar-refractivity contribution in [2.75, 3.05) is 0 Å². The summed E-state index contributed by atoms with van der Waals surface area (Å²) in [6.45, 7) is 0. The van der Waals surface area contributed by atoms with Crippen LogP contribution < -0.4 is 5.56 Å². The Morgan fingerprint density at radius 2 is 2.17 bits per heavy atom. The largest absolute Gasteiger partial charge is 0.332 e. The lowest BCUT2D eigenvalue weighted by molar-refractivity contribution is 0.422. The van der Waals surface area contributed by atoms with E-state index in [1.54, 1.807) is 36.1 Å². The lowest BCUT2D eigenvalue weighted by atomic mass is 10.2. The molecule has 0 unspecified atom stereocenters. The first-order valence-electron chi connectivity index (χ1n) is 7.63. The Morgan fingerprint density at radius 1 is 1.33 bits per heavy atom. The molecule has 0 saturated heterocycles. The van der Waals surface area contributed by atoms with E-state index in [2.05, 4.69) is 15.1 Å². The van der Waals surface area contributed by atoms with E-state index in [-0.39, 0.29) is 5.56 Å². The van der Waals surface area contributed by atoms with Crippen molar-refractivity contribution >= 4 is 28.2 Å². The number of halogens is 1. The Balaban J connectivity index is 1.84. The minimum Gasteiger partial charge on any atom is -0.332 e. The van der Waals surface area contributed by atoms with Gasteiger partial charge in [-0.1, -0.05) is 16.8 Å². The van der Waals surface area contributed by atoms with Crippen molar-refractivity contribution in [3.8, 4) is 11.6 Å². The second-order valence-electron chi connectivity index (χ2n) is 6.04. The van der Waals surface area contributed by atoms with Crippen LogP contribution in [0.4, 0.5) is 0 Å². The number of hydrogen-bond acceptors (Lipinski definition) is 5. The molecule has 4 aromatic rings. The molecule has 0 amide bonds. The van der Waals surface area contributed by atoms with Gasteiger partial charge >= 0.3 is 0 Å². The van der Waals surface area contributed by atoms with Gasteiger partial charge in [0.15, 0.2) is 17.2 Å². The number of fused-ring (bicyclic) bond motifs is 3. The van der Waals surface area contributed by atoms with Crippen LogP contribution in [0.15, 0.2) is 33.8 Å². The molecule has 3 heterocycles. The molecule has 1 saturated carbocycles. The van der Waals surface area contributed by atoms with Crippen molar-refractivity contribution in [3.05, 3.63) is 45.7 Å². The summed E-state index contributed by atoms with van der Waals surface area (Å²) < 4.78 is 8.73. The van der Waals surface area contributed by atoms with E-state index < -0.39 is 0 Å². The molecule has 5 rings (SSSR count). The number of benzene rings is 1. The van der Waals surface area contributed by atoms with Crippen LogP contribution in [0.25, 0.3) is 28.1 Å². The Bertz CT molecular complexity index is 1170. The quantitative estimate of drug-likeness (QED) is 0.560. The van der Waals surface area contributed by atoms with Crippen molar-refractivity contribution in [3.63, 3.8) is 0 Å². The molecule has 3 aromatic heterocycles. The molecule has 8 heteroatoms. The van der Waals surface area contributed by atoms with Crippen molar-refractivity contribution in [1.82, 2.24) is 24.1 Å². The van der Waals surface area contributed by atoms with Gasteiger partial charge in [0.25, 0.3) is 11.4 Å². The Kier molecular flexibility index (Phi) is 2.67. The van der Waals surface area contributed by atoms with E-state index in [4.69, 9.17) is 16.1 Å². The van der Waals surface area contributed by atoms with Gasteiger partial charge in [0.1, 0.15) is 6.33 Å². The fraction of sp³-hybridized carbons (Fsp3) is 0.250. The van der Waals surface area contributed by atoms with Crippen LogP contribution in [-0.2, 0) is 7.05 Å². The molecule has 7 nitrogen and oxygen atoms in total. The molecule has 1 aromatic carbocycles. The molecule has 120 valence electrons. The van der Waals surface area contributed by atoms with Gasteiger partial charge in [0, 0.05) is 18.0 Å². The minimum atomic E-state index is -0.127. The van der Waals surface area contributed by atoms with Crippen LogP contribution in [0.2, 0.25) is 5.02 Å². The average molecular weight is 342 g/mol. The van der Waals surface area contributed by atoms with E-state index in [0.717, 1.165) is 12.8 Å². The molecule has 0 spiro atoms. The van der Waals surface area contributed by atoms with E-state index in [0.29, 0.717) is 44.9 Å². The number of aromatic nitrogens is 5. The maximum atomic E-state index is 12.7. The minimum absolute atomic E-state index is 0.127. The summed E-state index contributed by atoms with van der Waals surface area (Å²) in [4.78, 5) is 21.5. The highest BCUT2D eigenvalue weighted by atomic mass is 35.5. The van der Waals surface area contributed by atoms with E-state index >= 15 is 0 Å². The fourth-order valence-corrected chi connectivity index (χ4v) is 3.16. The van der Waals surface area contributed by atoms with Crippen molar-refractivity contribution in [1.29, 1.82) is 0 Å². The van der Waals surface area contributed by atoms with Crippen LogP contribution in [-0.4, -0.2) is 24.1 Å². The zero-order valence-corrected chi connectivity index (χ0v) is 13.5. The first-order chi connectivity index (χ1) is 11.6. The monoisotopic (exact) mass is 341 g/mol. The lowest BCUT2D eigenvalue weighted by Gasteiger charge is -2.07. The topological polar surface area (TPSA) is 78.2 Å². The fourth-order valence-electron chi connectivity index (χ4n) is 2.99. The van der Waals surface area contributed by atoms with Gasteiger partial charge in [-0.05, 0) is 31.0 Å². The van der Waals surface area contributed by atoms with E-state index in [9.17, 15) is 4.79 Å². The molecule has 0 bridgehead atoms. The summed E-state index contributed by atoms with van der Waals surface area (Å²) in [5.74, 6) is 1.43. The smallest absolute Gasteiger partial charge is 0.280 e. The zero-order chi connectivity index (χ0) is 16.4. The Morgan fingerprint density at radius 3 is 2.96 bits per heavy atom. The van der Waals surface area contributed by atoms with Gasteiger partial charge in [0.05, 0.1) is 10.9 Å². The summed E-state index contributed by atoms with van der Waals surface area (Å²) in [6, 6.07) is 5.17. The van der Waals surface area contributed by atoms with Gasteiger partial charge in [-0.25, -0.2) is 4.98 Å². The van der Waals surface area contributed by atoms with Crippen LogP contribution in [0.5, 0.6) is 0 Å². The van der Waals surface area contributed by atoms with Crippen LogP contribution in [0.1, 0.15) is 24.6 Å². The molecule has 0 atom stereocenters. The predicted molar refractivity (Wildman–Crippen MR) is 88.2 cm³/mol. The number of imidazole rings is 1. The van der Waals surface area contributed by atoms with Crippen LogP contribution in [0.3, 0.4) is 0 Å². The van der Waals surface area contributed by atoms with Gasteiger partial charge in [-0.15, -0.1) is 0 Å². The lowest BCUT2D eigenvalue weighted by Crippen LogP contribution is -2.19. The maximum Gasteiger partial charge on any atom is 0.280 e. The molecule has 0 N–H and O–H groups in total. The number of nitrogens with zero attached hydrogens (tertiary/aromatic N) is 5. The molecule has 24 heavy (non-hydrogen) atoms. The maximum absolute atomic E-state index is 12.7. The zero-order valence-electron chi connectivity index (χ0n) is 12.7. The van der Waals surface area contributed by atoms with E-state index in [1.165, 1.54) is 0 Å². The summed E-state index contributed by atoms with van der Waals surface area (Å²) in [5.41, 5.74) is 1.66. The highest BCUT2D eigenvalue weighted by Crippen LogP contribution is 2.39. The second-order valence-corrected chi connectivity index (χ2v) is 6.48. The molecule has 1 fully saturated rings. The van der Waals surface area contributed by atoms with Gasteiger partial charge < -0.3 is 4.52 Å². The molecular weight excluding hydrogens is 330 g/mol. The normalized spacial score (nSPS) is 14.8. The first kappa shape index (κ1) is 13.7. The molecule has 1 aliphatic carbocycles. The Labute approximate surface area is 140 Å². The highest BCUT2D eigenvalue weighted by molar-refractivity contribution is 6.31. The molecule has 1 aliphatic rings. The first-order valence-corrected chi connectivity index (χ1v) is 8.00. The standard InChI is InChI=1S/C16H12ClN5O2/c1-21-15-12(14-19-13(20-24-14)8-2-3-8)18-7-22(15)11-6-9(17)4-5-10(11)16(21)23/h4-8H,2-3H2,1H3. The summed E-state index contributed by atoms with van der Waals surface area (Å²) in [5, 5.41) is 5.15. The third-order valence-corrected chi connectivity index (χ3v) is 4.64. The molecular formula is C16H12ClN5O2. The van der Waals surface area contributed by atoms with Gasteiger partial charge in [-0.2, -0.15) is 4.98 Å².